The topological polar surface area (TPSA) is 88.4 Å². The fraction of sp³-hybridized carbons (Fsp3) is 0.368. The highest BCUT2D eigenvalue weighted by molar-refractivity contribution is 5.98. The van der Waals surface area contributed by atoms with Crippen molar-refractivity contribution in [2.45, 2.75) is 32.5 Å². The minimum absolute atomic E-state index is 0.0191. The van der Waals surface area contributed by atoms with Crippen LogP contribution in [0.15, 0.2) is 30.0 Å². The summed E-state index contributed by atoms with van der Waals surface area (Å²) < 4.78 is 31.1. The highest BCUT2D eigenvalue weighted by Crippen LogP contribution is 2.34. The van der Waals surface area contributed by atoms with Crippen LogP contribution < -0.4 is 10.8 Å². The third-order valence-electron chi connectivity index (χ3n) is 4.46. The molecule has 1 aromatic heterocycles. The number of imidazole rings is 1. The van der Waals surface area contributed by atoms with E-state index in [1.165, 1.54) is 22.9 Å². The van der Waals surface area contributed by atoms with Crippen molar-refractivity contribution in [3.8, 4) is 0 Å². The van der Waals surface area contributed by atoms with E-state index in [9.17, 15) is 9.18 Å². The molecule has 3 N–H and O–H groups in total. The quantitative estimate of drug-likeness (QED) is 0.497. The van der Waals surface area contributed by atoms with Crippen LogP contribution in [-0.2, 0) is 16.1 Å². The molecule has 0 bridgehead atoms. The smallest absolute Gasteiger partial charge is 0.274 e. The highest BCUT2D eigenvalue weighted by Gasteiger charge is 2.38. The van der Waals surface area contributed by atoms with Crippen LogP contribution in [0.25, 0.3) is 6.20 Å². The number of anilines is 1. The van der Waals surface area contributed by atoms with Gasteiger partial charge in [0.15, 0.2) is 6.17 Å². The van der Waals surface area contributed by atoms with Gasteiger partial charge in [0.1, 0.15) is 11.6 Å². The molecule has 1 aliphatic heterocycles. The van der Waals surface area contributed by atoms with Crippen LogP contribution in [-0.4, -0.2) is 39.8 Å². The maximum Gasteiger partial charge on any atom is 0.274 e. The van der Waals surface area contributed by atoms with E-state index in [1.54, 1.807) is 19.2 Å². The molecule has 0 saturated carbocycles. The summed E-state index contributed by atoms with van der Waals surface area (Å²) in [6.07, 6.45) is 1.92. The Bertz CT molecular complexity index is 897. The summed E-state index contributed by atoms with van der Waals surface area (Å²) in [5.41, 5.74) is 3.72. The number of nitrogens with zero attached hydrogens (tertiary/aromatic N) is 2. The number of aryl methyl sites for hydroxylation is 2. The Labute approximate surface area is 161 Å². The Morgan fingerprint density at radius 1 is 1.43 bits per heavy atom. The Morgan fingerprint density at radius 3 is 2.89 bits per heavy atom. The molecule has 0 saturated heterocycles. The van der Waals surface area contributed by atoms with Crippen molar-refractivity contribution in [2.24, 2.45) is 0 Å². The predicted octanol–water partition coefficient (Wildman–Crippen LogP) is 2.28. The zero-order chi connectivity index (χ0) is 20.3. The SMILES string of the molecule is CCc1cnc2n1C=C(C(=O)NOCCO)C(Nc1ccc(C)cc1F)C2F. The number of nitrogens with one attached hydrogen (secondary N) is 2. The number of halogens is 2. The summed E-state index contributed by atoms with van der Waals surface area (Å²) in [7, 11) is 0. The number of hydrogen-bond donors (Lipinski definition) is 3. The van der Waals surface area contributed by atoms with Crippen LogP contribution in [0.4, 0.5) is 14.5 Å². The summed E-state index contributed by atoms with van der Waals surface area (Å²) in [4.78, 5) is 21.5. The van der Waals surface area contributed by atoms with Crippen LogP contribution in [0.1, 0.15) is 30.2 Å². The number of hydrogen-bond acceptors (Lipinski definition) is 5. The summed E-state index contributed by atoms with van der Waals surface area (Å²) in [5, 5.41) is 11.6. The molecule has 3 rings (SSSR count). The van der Waals surface area contributed by atoms with Crippen molar-refractivity contribution in [3.05, 3.63) is 52.9 Å². The van der Waals surface area contributed by atoms with E-state index >= 15 is 4.39 Å². The monoisotopic (exact) mass is 392 g/mol. The number of hydroxylamine groups is 1. The first kappa shape index (κ1) is 20.0. The lowest BCUT2D eigenvalue weighted by atomic mass is 9.98. The van der Waals surface area contributed by atoms with Crippen molar-refractivity contribution in [2.75, 3.05) is 18.5 Å². The van der Waals surface area contributed by atoms with Crippen molar-refractivity contribution in [1.82, 2.24) is 15.0 Å². The van der Waals surface area contributed by atoms with E-state index in [0.717, 1.165) is 11.3 Å². The van der Waals surface area contributed by atoms with Crippen LogP contribution in [0.5, 0.6) is 0 Å². The minimum Gasteiger partial charge on any atom is -0.394 e. The first-order valence-electron chi connectivity index (χ1n) is 8.93. The standard InChI is InChI=1S/C19H22F2N4O3/c1-3-12-9-22-18-16(21)17(23-15-5-4-11(2)8-14(15)20)13(10-25(12)18)19(27)24-28-7-6-26/h4-5,8-10,16-17,23,26H,3,6-7H2,1-2H3,(H,24,27). The number of fused-ring (bicyclic) bond motifs is 1. The number of carbonyl (C=O) groups is 1. The van der Waals surface area contributed by atoms with Gasteiger partial charge in [-0.2, -0.15) is 0 Å². The first-order valence-corrected chi connectivity index (χ1v) is 8.93. The Hall–Kier alpha value is -2.78. The van der Waals surface area contributed by atoms with Gasteiger partial charge in [-0.25, -0.2) is 19.2 Å². The lowest BCUT2D eigenvalue weighted by Gasteiger charge is -2.29. The Kier molecular flexibility index (Phi) is 6.05. The fourth-order valence-corrected chi connectivity index (χ4v) is 3.03. The summed E-state index contributed by atoms with van der Waals surface area (Å²) >= 11 is 0. The van der Waals surface area contributed by atoms with Crippen molar-refractivity contribution in [3.63, 3.8) is 0 Å². The normalized spacial score (nSPS) is 18.4. The van der Waals surface area contributed by atoms with Gasteiger partial charge >= 0.3 is 0 Å². The van der Waals surface area contributed by atoms with Gasteiger partial charge in [0.2, 0.25) is 0 Å². The molecule has 2 heterocycles. The molecule has 0 fully saturated rings. The molecule has 0 aliphatic carbocycles. The lowest BCUT2D eigenvalue weighted by molar-refractivity contribution is -0.130. The lowest BCUT2D eigenvalue weighted by Crippen LogP contribution is -2.40. The molecular weight excluding hydrogens is 370 g/mol. The zero-order valence-electron chi connectivity index (χ0n) is 15.6. The van der Waals surface area contributed by atoms with Gasteiger partial charge in [-0.1, -0.05) is 13.0 Å². The molecule has 1 aliphatic rings. The molecule has 0 spiro atoms. The number of amides is 1. The molecule has 1 amide bonds. The molecule has 1 aromatic carbocycles. The third-order valence-corrected chi connectivity index (χ3v) is 4.46. The van der Waals surface area contributed by atoms with Gasteiger partial charge < -0.3 is 15.0 Å². The van der Waals surface area contributed by atoms with Gasteiger partial charge in [-0.15, -0.1) is 0 Å². The van der Waals surface area contributed by atoms with Gasteiger partial charge in [0.05, 0.1) is 30.5 Å². The molecule has 2 unspecified atom stereocenters. The number of carbonyl (C=O) groups excluding carboxylic acids is 1. The minimum atomic E-state index is -1.69. The largest absolute Gasteiger partial charge is 0.394 e. The first-order chi connectivity index (χ1) is 13.5. The molecular formula is C19H22F2N4O3. The van der Waals surface area contributed by atoms with Gasteiger partial charge in [-0.05, 0) is 31.0 Å². The second kappa shape index (κ2) is 8.49. The number of rotatable bonds is 7. The summed E-state index contributed by atoms with van der Waals surface area (Å²) in [5.74, 6) is -1.11. The average Bonchev–Trinajstić information content (AvgIpc) is 3.09. The Morgan fingerprint density at radius 2 is 2.21 bits per heavy atom. The average molecular weight is 392 g/mol. The van der Waals surface area contributed by atoms with E-state index in [-0.39, 0.29) is 30.3 Å². The predicted molar refractivity (Wildman–Crippen MR) is 99.5 cm³/mol. The van der Waals surface area contributed by atoms with Crippen molar-refractivity contribution in [1.29, 1.82) is 0 Å². The van der Waals surface area contributed by atoms with Gasteiger partial charge in [-0.3, -0.25) is 9.63 Å². The zero-order valence-corrected chi connectivity index (χ0v) is 15.6. The third kappa shape index (κ3) is 3.90. The van der Waals surface area contributed by atoms with E-state index in [0.29, 0.717) is 6.42 Å². The number of aromatic nitrogens is 2. The number of aliphatic hydroxyl groups is 1. The van der Waals surface area contributed by atoms with Crippen LogP contribution in [0.2, 0.25) is 0 Å². The molecule has 2 atom stereocenters. The maximum atomic E-state index is 15.3. The fourth-order valence-electron chi connectivity index (χ4n) is 3.03. The van der Waals surface area contributed by atoms with E-state index in [2.05, 4.69) is 15.8 Å². The van der Waals surface area contributed by atoms with Crippen molar-refractivity contribution >= 4 is 17.8 Å². The van der Waals surface area contributed by atoms with E-state index < -0.39 is 23.9 Å². The molecule has 7 nitrogen and oxygen atoms in total. The summed E-state index contributed by atoms with van der Waals surface area (Å²) in [6, 6.07) is 3.33. The second-order valence-electron chi connectivity index (χ2n) is 6.43. The van der Waals surface area contributed by atoms with E-state index in [1.807, 2.05) is 6.92 Å². The molecule has 150 valence electrons. The number of benzene rings is 1. The molecule has 0 radical (unpaired) electrons. The number of alkyl halides is 1. The van der Waals surface area contributed by atoms with Gasteiger partial charge in [0.25, 0.3) is 5.91 Å². The van der Waals surface area contributed by atoms with Crippen LogP contribution in [0.3, 0.4) is 0 Å². The van der Waals surface area contributed by atoms with E-state index in [4.69, 9.17) is 9.94 Å². The van der Waals surface area contributed by atoms with Gasteiger partial charge in [0, 0.05) is 18.1 Å². The van der Waals surface area contributed by atoms with Crippen LogP contribution >= 0.6 is 0 Å². The molecule has 2 aromatic rings. The molecule has 9 heteroatoms. The summed E-state index contributed by atoms with van der Waals surface area (Å²) in [6.45, 7) is 3.24. The highest BCUT2D eigenvalue weighted by atomic mass is 19.1. The van der Waals surface area contributed by atoms with Crippen LogP contribution in [0, 0.1) is 12.7 Å². The van der Waals surface area contributed by atoms with Crippen molar-refractivity contribution < 1.29 is 23.5 Å². The maximum absolute atomic E-state index is 15.3. The Balaban J connectivity index is 1.96. The molecule has 28 heavy (non-hydrogen) atoms. The second-order valence-corrected chi connectivity index (χ2v) is 6.43. The number of aliphatic hydroxyl groups excluding tert-OH is 1.